The molecule has 4 fully saturated rings. The van der Waals surface area contributed by atoms with Crippen LogP contribution >= 0.6 is 8.58 Å². The maximum atomic E-state index is 2.38. The van der Waals surface area contributed by atoms with Gasteiger partial charge in [0.25, 0.3) is 0 Å². The smallest absolute Gasteiger partial charge is 0.0436 e. The molecule has 1 aromatic carbocycles. The fraction of sp³-hybridized carbons (Fsp3) is 0.667. The number of anilines is 1. The Kier molecular flexibility index (Phi) is 3.11. The zero-order valence-corrected chi connectivity index (χ0v) is 13.7. The second-order valence-corrected chi connectivity index (χ2v) is 9.58. The number of benzene rings is 1. The van der Waals surface area contributed by atoms with Gasteiger partial charge in [-0.1, -0.05) is 26.8 Å². The fourth-order valence-electron chi connectivity index (χ4n) is 5.52. The van der Waals surface area contributed by atoms with Crippen molar-refractivity contribution in [2.45, 2.75) is 43.7 Å². The summed E-state index contributed by atoms with van der Waals surface area (Å²) < 4.78 is 0. The molecule has 0 N–H and O–H groups in total. The second kappa shape index (κ2) is 4.73. The molecule has 1 atom stereocenters. The van der Waals surface area contributed by atoms with Gasteiger partial charge in [-0.05, 0) is 72.8 Å². The Morgan fingerprint density at radius 3 is 2.05 bits per heavy atom. The van der Waals surface area contributed by atoms with Gasteiger partial charge in [-0.25, -0.2) is 0 Å². The minimum absolute atomic E-state index is 0.681. The molecule has 108 valence electrons. The van der Waals surface area contributed by atoms with Gasteiger partial charge in [-0.15, -0.1) is 0 Å². The lowest BCUT2D eigenvalue weighted by Gasteiger charge is -2.57. The molecule has 0 saturated heterocycles. The lowest BCUT2D eigenvalue weighted by molar-refractivity contribution is 0.0372. The molecule has 2 heteroatoms. The number of hydrogen-bond donors (Lipinski definition) is 0. The van der Waals surface area contributed by atoms with E-state index in [0.29, 0.717) is 5.16 Å². The van der Waals surface area contributed by atoms with E-state index in [1.54, 1.807) is 24.6 Å². The Hall–Kier alpha value is -0.550. The predicted molar refractivity (Wildman–Crippen MR) is 89.6 cm³/mol. The molecule has 0 radical (unpaired) electrons. The monoisotopic (exact) mass is 287 g/mol. The summed E-state index contributed by atoms with van der Waals surface area (Å²) in [4.78, 5) is 2.29. The molecule has 4 bridgehead atoms. The summed E-state index contributed by atoms with van der Waals surface area (Å²) in [6, 6.07) is 9.09. The summed E-state index contributed by atoms with van der Waals surface area (Å²) in [5.41, 5.74) is 1.45. The Labute approximate surface area is 124 Å². The van der Waals surface area contributed by atoms with Crippen molar-refractivity contribution in [2.24, 2.45) is 17.8 Å². The van der Waals surface area contributed by atoms with Crippen LogP contribution in [0.25, 0.3) is 0 Å². The average molecular weight is 287 g/mol. The molecule has 0 amide bonds. The quantitative estimate of drug-likeness (QED) is 0.759. The number of nitrogens with zero attached hydrogens (tertiary/aromatic N) is 1. The lowest BCUT2D eigenvalue weighted by atomic mass is 9.56. The third kappa shape index (κ3) is 2.19. The fourth-order valence-corrected chi connectivity index (χ4v) is 7.88. The van der Waals surface area contributed by atoms with Crippen LogP contribution in [0.1, 0.15) is 38.5 Å². The molecule has 1 unspecified atom stereocenters. The van der Waals surface area contributed by atoms with Crippen LogP contribution in [-0.2, 0) is 0 Å². The zero-order chi connectivity index (χ0) is 13.7. The predicted octanol–water partition coefficient (Wildman–Crippen LogP) is 4.03. The van der Waals surface area contributed by atoms with Gasteiger partial charge in [-0.2, -0.15) is 0 Å². The highest BCUT2D eigenvalue weighted by Gasteiger charge is 2.50. The summed E-state index contributed by atoms with van der Waals surface area (Å²) in [6.07, 6.45) is 9.24. The van der Waals surface area contributed by atoms with Crippen LogP contribution in [0, 0.1) is 17.8 Å². The molecule has 0 heterocycles. The maximum absolute atomic E-state index is 2.38. The van der Waals surface area contributed by atoms with Crippen molar-refractivity contribution in [3.63, 3.8) is 0 Å². The van der Waals surface area contributed by atoms with Crippen LogP contribution in [0.15, 0.2) is 24.3 Å². The number of rotatable bonds is 3. The van der Waals surface area contributed by atoms with Gasteiger partial charge in [0.15, 0.2) is 0 Å². The molecule has 0 aromatic heterocycles. The van der Waals surface area contributed by atoms with Crippen molar-refractivity contribution in [1.29, 1.82) is 0 Å². The first-order valence-corrected chi connectivity index (χ1v) is 9.18. The third-order valence-electron chi connectivity index (χ3n) is 5.82. The van der Waals surface area contributed by atoms with Gasteiger partial charge in [-0.3, -0.25) is 0 Å². The summed E-state index contributed by atoms with van der Waals surface area (Å²) in [7, 11) is 5.39. The number of para-hydroxylation sites is 1. The Morgan fingerprint density at radius 2 is 1.50 bits per heavy atom. The SMILES string of the molecule is CN(C)c1ccccc1PC12CC3CC(CC(C3)C1)C2. The average Bonchev–Trinajstić information content (AvgIpc) is 2.36. The normalized spacial score (nSPS) is 38.8. The zero-order valence-electron chi connectivity index (χ0n) is 12.7. The van der Waals surface area contributed by atoms with E-state index in [9.17, 15) is 0 Å². The lowest BCUT2D eigenvalue weighted by Crippen LogP contribution is -2.48. The van der Waals surface area contributed by atoms with Gasteiger partial charge in [0.2, 0.25) is 0 Å². The van der Waals surface area contributed by atoms with Crippen molar-refractivity contribution in [2.75, 3.05) is 19.0 Å². The van der Waals surface area contributed by atoms with E-state index in [0.717, 1.165) is 26.3 Å². The van der Waals surface area contributed by atoms with Gasteiger partial charge < -0.3 is 4.90 Å². The van der Waals surface area contributed by atoms with E-state index in [-0.39, 0.29) is 0 Å². The second-order valence-electron chi connectivity index (χ2n) is 7.73. The molecule has 20 heavy (non-hydrogen) atoms. The van der Waals surface area contributed by atoms with Gasteiger partial charge in [0.1, 0.15) is 0 Å². The topological polar surface area (TPSA) is 3.24 Å². The van der Waals surface area contributed by atoms with Gasteiger partial charge in [0.05, 0.1) is 0 Å². The van der Waals surface area contributed by atoms with Gasteiger partial charge >= 0.3 is 0 Å². The third-order valence-corrected chi connectivity index (χ3v) is 7.66. The molecule has 4 saturated carbocycles. The largest absolute Gasteiger partial charge is 0.377 e. The van der Waals surface area contributed by atoms with Crippen LogP contribution in [0.3, 0.4) is 0 Å². The van der Waals surface area contributed by atoms with Crippen molar-refractivity contribution in [3.05, 3.63) is 24.3 Å². The first kappa shape index (κ1) is 13.1. The summed E-state index contributed by atoms with van der Waals surface area (Å²) in [6.45, 7) is 0. The van der Waals surface area contributed by atoms with Crippen molar-refractivity contribution >= 4 is 19.6 Å². The Bertz CT molecular complexity index is 473. The molecule has 0 spiro atoms. The van der Waals surface area contributed by atoms with E-state index in [2.05, 4.69) is 43.3 Å². The molecular weight excluding hydrogens is 261 g/mol. The molecule has 5 rings (SSSR count). The van der Waals surface area contributed by atoms with Gasteiger partial charge in [0, 0.05) is 19.8 Å². The Morgan fingerprint density at radius 1 is 0.950 bits per heavy atom. The van der Waals surface area contributed by atoms with Crippen LogP contribution in [-0.4, -0.2) is 19.3 Å². The Balaban J connectivity index is 1.63. The minimum Gasteiger partial charge on any atom is -0.377 e. The standard InChI is InChI=1S/C18H26NP/c1-19(2)16-5-3-4-6-17(16)20-18-10-13-7-14(11-18)9-15(8-13)12-18/h3-6,13-15,20H,7-12H2,1-2H3. The molecule has 4 aliphatic rings. The maximum Gasteiger partial charge on any atom is 0.0436 e. The summed E-state index contributed by atoms with van der Waals surface area (Å²) >= 11 is 0. The van der Waals surface area contributed by atoms with Crippen LogP contribution in [0.5, 0.6) is 0 Å². The van der Waals surface area contributed by atoms with Crippen LogP contribution in [0.4, 0.5) is 5.69 Å². The van der Waals surface area contributed by atoms with Crippen LogP contribution in [0.2, 0.25) is 0 Å². The summed E-state index contributed by atoms with van der Waals surface area (Å²) in [5, 5.41) is 2.29. The highest BCUT2D eigenvalue weighted by molar-refractivity contribution is 7.49. The van der Waals surface area contributed by atoms with E-state index in [1.807, 2.05) is 0 Å². The first-order valence-electron chi connectivity index (χ1n) is 8.18. The summed E-state index contributed by atoms with van der Waals surface area (Å²) in [5.74, 6) is 3.21. The molecular formula is C18H26NP. The minimum atomic E-state index is 0.681. The van der Waals surface area contributed by atoms with E-state index in [1.165, 1.54) is 24.9 Å². The molecule has 1 nitrogen and oxygen atoms in total. The first-order chi connectivity index (χ1) is 9.63. The van der Waals surface area contributed by atoms with Crippen molar-refractivity contribution in [3.8, 4) is 0 Å². The van der Waals surface area contributed by atoms with E-state index >= 15 is 0 Å². The number of hydrogen-bond acceptors (Lipinski definition) is 1. The van der Waals surface area contributed by atoms with E-state index < -0.39 is 0 Å². The molecule has 0 aliphatic heterocycles. The highest BCUT2D eigenvalue weighted by Crippen LogP contribution is 2.62. The molecule has 1 aromatic rings. The van der Waals surface area contributed by atoms with Crippen molar-refractivity contribution < 1.29 is 0 Å². The van der Waals surface area contributed by atoms with Crippen molar-refractivity contribution in [1.82, 2.24) is 0 Å². The molecule has 4 aliphatic carbocycles. The van der Waals surface area contributed by atoms with E-state index in [4.69, 9.17) is 0 Å². The highest BCUT2D eigenvalue weighted by atomic mass is 31.1. The van der Waals surface area contributed by atoms with Crippen LogP contribution < -0.4 is 10.2 Å².